The second-order valence-electron chi connectivity index (χ2n) is 13.7. The van der Waals surface area contributed by atoms with Crippen molar-refractivity contribution in [3.05, 3.63) is 23.3 Å². The van der Waals surface area contributed by atoms with Crippen LogP contribution in [0.3, 0.4) is 0 Å². The molecule has 0 heterocycles. The number of hydrogen-bond acceptors (Lipinski definition) is 3. The fraction of sp³-hybridized carbons (Fsp3) is 0.871. The van der Waals surface area contributed by atoms with Gasteiger partial charge in [-0.3, -0.25) is 0 Å². The van der Waals surface area contributed by atoms with Crippen molar-refractivity contribution in [1.82, 2.24) is 0 Å². The van der Waals surface area contributed by atoms with Gasteiger partial charge in [0.05, 0.1) is 17.8 Å². The lowest BCUT2D eigenvalue weighted by atomic mass is 9.48. The van der Waals surface area contributed by atoms with E-state index in [9.17, 15) is 15.3 Å². The van der Waals surface area contributed by atoms with Crippen molar-refractivity contribution in [2.24, 2.45) is 40.4 Å². The topological polar surface area (TPSA) is 60.7 Å². The van der Waals surface area contributed by atoms with E-state index in [1.807, 2.05) is 13.8 Å². The van der Waals surface area contributed by atoms with Crippen molar-refractivity contribution in [1.29, 1.82) is 0 Å². The van der Waals surface area contributed by atoms with Crippen LogP contribution in [0.5, 0.6) is 0 Å². The molecular formula is C31H52O3. The van der Waals surface area contributed by atoms with E-state index in [-0.39, 0.29) is 11.3 Å². The Morgan fingerprint density at radius 3 is 2.47 bits per heavy atom. The molecule has 9 atom stereocenters. The number of allylic oxidation sites excluding steroid dienone is 3. The molecule has 0 amide bonds. The smallest absolute Gasteiger partial charge is 0.0689 e. The van der Waals surface area contributed by atoms with Crippen molar-refractivity contribution >= 4 is 0 Å². The Kier molecular flexibility index (Phi) is 7.52. The summed E-state index contributed by atoms with van der Waals surface area (Å²) in [6, 6.07) is 0. The molecule has 3 heteroatoms. The number of rotatable bonds is 8. The van der Waals surface area contributed by atoms with Crippen molar-refractivity contribution in [3.8, 4) is 0 Å². The minimum absolute atomic E-state index is 0.00174. The fourth-order valence-corrected chi connectivity index (χ4v) is 9.01. The van der Waals surface area contributed by atoms with Gasteiger partial charge in [-0.05, 0) is 87.9 Å². The molecule has 0 saturated heterocycles. The van der Waals surface area contributed by atoms with Gasteiger partial charge in [-0.2, -0.15) is 0 Å². The van der Waals surface area contributed by atoms with Crippen LogP contribution < -0.4 is 0 Å². The van der Waals surface area contributed by atoms with Crippen LogP contribution in [0.4, 0.5) is 0 Å². The molecule has 4 rings (SSSR count). The molecule has 34 heavy (non-hydrogen) atoms. The van der Waals surface area contributed by atoms with Gasteiger partial charge in [0.15, 0.2) is 0 Å². The summed E-state index contributed by atoms with van der Waals surface area (Å²) < 4.78 is 0. The lowest BCUT2D eigenvalue weighted by Gasteiger charge is -2.58. The number of fused-ring (bicyclic) bond motifs is 5. The molecule has 3 fully saturated rings. The molecule has 0 spiro atoms. The maximum atomic E-state index is 11.7. The highest BCUT2D eigenvalue weighted by Gasteiger charge is 2.60. The van der Waals surface area contributed by atoms with Crippen LogP contribution in [0, 0.1) is 40.4 Å². The predicted octanol–water partition coefficient (Wildman–Crippen LogP) is 6.81. The molecule has 4 aliphatic carbocycles. The zero-order valence-corrected chi connectivity index (χ0v) is 22.8. The molecule has 0 aliphatic heterocycles. The van der Waals surface area contributed by atoms with E-state index in [0.29, 0.717) is 23.2 Å². The summed E-state index contributed by atoms with van der Waals surface area (Å²) >= 11 is 0. The van der Waals surface area contributed by atoms with Crippen LogP contribution in [0.25, 0.3) is 0 Å². The van der Waals surface area contributed by atoms with E-state index in [1.165, 1.54) is 31.3 Å². The quantitative estimate of drug-likeness (QED) is 0.363. The maximum Gasteiger partial charge on any atom is 0.0689 e. The maximum absolute atomic E-state index is 11.7. The highest BCUT2D eigenvalue weighted by atomic mass is 16.3. The molecule has 3 nitrogen and oxygen atoms in total. The Morgan fingerprint density at radius 1 is 1.06 bits per heavy atom. The van der Waals surface area contributed by atoms with Crippen molar-refractivity contribution in [2.45, 2.75) is 130 Å². The number of aliphatic hydroxyl groups is 3. The number of hydrogen-bond donors (Lipinski definition) is 3. The van der Waals surface area contributed by atoms with Crippen molar-refractivity contribution < 1.29 is 15.3 Å². The Hall–Kier alpha value is -0.640. The first-order valence-electron chi connectivity index (χ1n) is 14.4. The Balaban J connectivity index is 1.54. The van der Waals surface area contributed by atoms with E-state index >= 15 is 0 Å². The van der Waals surface area contributed by atoms with Gasteiger partial charge in [0, 0.05) is 11.3 Å². The second-order valence-corrected chi connectivity index (χ2v) is 13.7. The molecule has 0 bridgehead atoms. The van der Waals surface area contributed by atoms with Crippen LogP contribution >= 0.6 is 0 Å². The molecule has 0 aromatic carbocycles. The third-order valence-electron chi connectivity index (χ3n) is 11.0. The normalized spacial score (nSPS) is 42.9. The first-order valence-corrected chi connectivity index (χ1v) is 14.4. The standard InChI is InChI=1S/C31H52O3/c1-7-8-11-23-27(32)19-21-12-13-22-25-15-14-24(20(2)10-9-17-29(3,4)34)30(25,5)18-16-26(22)31(21,6)28(23)33/h12-13,20,23-28,32-34H,7-11,14-19H2,1-6H3/t20-,23+,24-,25+,26+,27-,28+,30-,31+/m1/s1. The van der Waals surface area contributed by atoms with Crippen LogP contribution in [0.1, 0.15) is 112 Å². The zero-order valence-electron chi connectivity index (χ0n) is 22.8. The summed E-state index contributed by atoms with van der Waals surface area (Å²) in [5.41, 5.74) is 2.46. The predicted molar refractivity (Wildman–Crippen MR) is 140 cm³/mol. The van der Waals surface area contributed by atoms with E-state index in [1.54, 1.807) is 5.57 Å². The first-order chi connectivity index (χ1) is 15.9. The summed E-state index contributed by atoms with van der Waals surface area (Å²) in [7, 11) is 0. The summed E-state index contributed by atoms with van der Waals surface area (Å²) in [6.07, 6.45) is 15.9. The van der Waals surface area contributed by atoms with Crippen LogP contribution in [0.15, 0.2) is 23.3 Å². The Morgan fingerprint density at radius 2 is 1.79 bits per heavy atom. The van der Waals surface area contributed by atoms with Crippen LogP contribution in [-0.4, -0.2) is 33.1 Å². The van der Waals surface area contributed by atoms with Crippen LogP contribution in [0.2, 0.25) is 0 Å². The van der Waals surface area contributed by atoms with Gasteiger partial charge in [0.2, 0.25) is 0 Å². The Labute approximate surface area is 209 Å². The molecule has 0 radical (unpaired) electrons. The fourth-order valence-electron chi connectivity index (χ4n) is 9.01. The summed E-state index contributed by atoms with van der Waals surface area (Å²) in [5.74, 6) is 2.47. The molecule has 3 N–H and O–H groups in total. The van der Waals surface area contributed by atoms with Gasteiger partial charge in [0.25, 0.3) is 0 Å². The second kappa shape index (κ2) is 9.67. The summed E-state index contributed by atoms with van der Waals surface area (Å²) in [4.78, 5) is 0. The van der Waals surface area contributed by atoms with Gasteiger partial charge >= 0.3 is 0 Å². The van der Waals surface area contributed by atoms with Crippen molar-refractivity contribution in [2.75, 3.05) is 0 Å². The van der Waals surface area contributed by atoms with E-state index in [2.05, 4.69) is 39.8 Å². The summed E-state index contributed by atoms with van der Waals surface area (Å²) in [6.45, 7) is 13.4. The highest BCUT2D eigenvalue weighted by molar-refractivity contribution is 5.40. The lowest BCUT2D eigenvalue weighted by Crippen LogP contribution is -2.56. The minimum atomic E-state index is -0.560. The van der Waals surface area contributed by atoms with Gasteiger partial charge < -0.3 is 15.3 Å². The SMILES string of the molecule is CCCC[C@H]1[C@H](O)CC2=CC=C3[C@@H]4CC[C@H]([C@H](C)CCCC(C)(C)O)[C@@]4(C)CC[C@@H]3[C@@]2(C)[C@H]1O. The monoisotopic (exact) mass is 472 g/mol. The number of unbranched alkanes of at least 4 members (excludes halogenated alkanes) is 1. The average molecular weight is 473 g/mol. The minimum Gasteiger partial charge on any atom is -0.392 e. The lowest BCUT2D eigenvalue weighted by molar-refractivity contribution is -0.1000. The van der Waals surface area contributed by atoms with Gasteiger partial charge in [-0.1, -0.05) is 76.7 Å². The van der Waals surface area contributed by atoms with E-state index in [4.69, 9.17) is 0 Å². The van der Waals surface area contributed by atoms with E-state index in [0.717, 1.165) is 50.9 Å². The molecule has 194 valence electrons. The third kappa shape index (κ3) is 4.48. The van der Waals surface area contributed by atoms with Gasteiger partial charge in [0.1, 0.15) is 0 Å². The Bertz CT molecular complexity index is 791. The molecule has 4 aliphatic rings. The number of aliphatic hydroxyl groups excluding tert-OH is 2. The molecule has 0 unspecified atom stereocenters. The molecule has 0 aromatic heterocycles. The first kappa shape index (κ1) is 26.4. The van der Waals surface area contributed by atoms with Gasteiger partial charge in [-0.25, -0.2) is 0 Å². The largest absolute Gasteiger partial charge is 0.392 e. The molecule has 0 aromatic rings. The zero-order chi connectivity index (χ0) is 24.9. The molecule has 3 saturated carbocycles. The third-order valence-corrected chi connectivity index (χ3v) is 11.0. The van der Waals surface area contributed by atoms with Gasteiger partial charge in [-0.15, -0.1) is 0 Å². The summed E-state index contributed by atoms with van der Waals surface area (Å²) in [5, 5.41) is 32.7. The van der Waals surface area contributed by atoms with Crippen LogP contribution in [-0.2, 0) is 0 Å². The molecular weight excluding hydrogens is 420 g/mol. The van der Waals surface area contributed by atoms with Crippen molar-refractivity contribution in [3.63, 3.8) is 0 Å². The van der Waals surface area contributed by atoms with E-state index < -0.39 is 17.8 Å². The highest BCUT2D eigenvalue weighted by Crippen LogP contribution is 2.66. The average Bonchev–Trinajstić information content (AvgIpc) is 3.11.